The van der Waals surface area contributed by atoms with Crippen molar-refractivity contribution in [3.05, 3.63) is 11.7 Å². The number of nitrogens with one attached hydrogen (secondary N) is 1. The lowest BCUT2D eigenvalue weighted by atomic mass is 10.0. The van der Waals surface area contributed by atoms with Gasteiger partial charge in [0, 0.05) is 31.6 Å². The summed E-state index contributed by atoms with van der Waals surface area (Å²) < 4.78 is 5.21. The normalized spacial score (nSPS) is 20.6. The van der Waals surface area contributed by atoms with Gasteiger partial charge in [0.2, 0.25) is 5.89 Å². The van der Waals surface area contributed by atoms with Gasteiger partial charge in [-0.15, -0.1) is 0 Å². The first kappa shape index (κ1) is 12.5. The van der Waals surface area contributed by atoms with Crippen molar-refractivity contribution in [2.45, 2.75) is 45.7 Å². The van der Waals surface area contributed by atoms with E-state index >= 15 is 0 Å². The maximum absolute atomic E-state index is 5.21. The molecule has 0 atom stereocenters. The molecule has 5 nitrogen and oxygen atoms in total. The Kier molecular flexibility index (Phi) is 3.79. The fraction of sp³-hybridized carbons (Fsp3) is 0.833. The molecule has 1 aliphatic heterocycles. The highest BCUT2D eigenvalue weighted by molar-refractivity contribution is 4.93. The Morgan fingerprint density at radius 3 is 3.00 bits per heavy atom. The molecule has 1 aromatic rings. The molecule has 0 saturated carbocycles. The summed E-state index contributed by atoms with van der Waals surface area (Å²) in [6, 6.07) is 0. The number of hydrogen-bond donors (Lipinski definition) is 1. The van der Waals surface area contributed by atoms with Crippen LogP contribution < -0.4 is 5.32 Å². The fourth-order valence-corrected chi connectivity index (χ4v) is 2.16. The molecule has 0 amide bonds. The third kappa shape index (κ3) is 3.04. The molecule has 0 unspecified atom stereocenters. The van der Waals surface area contributed by atoms with Gasteiger partial charge in [-0.1, -0.05) is 12.1 Å². The molecule has 96 valence electrons. The van der Waals surface area contributed by atoms with E-state index in [1.165, 1.54) is 0 Å². The number of hydrogen-bond acceptors (Lipinski definition) is 5. The minimum Gasteiger partial charge on any atom is -0.339 e. The first-order valence-electron chi connectivity index (χ1n) is 6.39. The number of piperazine rings is 1. The van der Waals surface area contributed by atoms with E-state index < -0.39 is 0 Å². The van der Waals surface area contributed by atoms with Crippen molar-refractivity contribution in [2.24, 2.45) is 0 Å². The van der Waals surface area contributed by atoms with E-state index in [4.69, 9.17) is 4.52 Å². The summed E-state index contributed by atoms with van der Waals surface area (Å²) in [6.07, 6.45) is 1.92. The highest BCUT2D eigenvalue weighted by Gasteiger charge is 2.30. The van der Waals surface area contributed by atoms with Crippen LogP contribution in [-0.4, -0.2) is 40.2 Å². The molecule has 2 rings (SSSR count). The molecule has 1 saturated heterocycles. The largest absolute Gasteiger partial charge is 0.339 e. The van der Waals surface area contributed by atoms with Gasteiger partial charge in [-0.3, -0.25) is 4.90 Å². The molecule has 0 aliphatic carbocycles. The van der Waals surface area contributed by atoms with Crippen molar-refractivity contribution in [2.75, 3.05) is 19.6 Å². The SMILES string of the molecule is CCCc1nc(CN2CCNCC2(C)C)no1. The van der Waals surface area contributed by atoms with Crippen LogP contribution in [0.1, 0.15) is 38.9 Å². The van der Waals surface area contributed by atoms with Gasteiger partial charge < -0.3 is 9.84 Å². The average Bonchev–Trinajstić information content (AvgIpc) is 2.70. The summed E-state index contributed by atoms with van der Waals surface area (Å²) in [5.41, 5.74) is 0.157. The van der Waals surface area contributed by atoms with Gasteiger partial charge in [-0.25, -0.2) is 0 Å². The molecular formula is C12H22N4O. The molecule has 1 aromatic heterocycles. The van der Waals surface area contributed by atoms with Gasteiger partial charge in [0.25, 0.3) is 0 Å². The molecule has 0 spiro atoms. The van der Waals surface area contributed by atoms with Crippen LogP contribution >= 0.6 is 0 Å². The summed E-state index contributed by atoms with van der Waals surface area (Å²) in [7, 11) is 0. The molecule has 1 aliphatic rings. The van der Waals surface area contributed by atoms with Crippen LogP contribution in [0.3, 0.4) is 0 Å². The number of aryl methyl sites for hydroxylation is 1. The van der Waals surface area contributed by atoms with Gasteiger partial charge in [0.1, 0.15) is 0 Å². The maximum atomic E-state index is 5.21. The molecule has 0 radical (unpaired) electrons. The highest BCUT2D eigenvalue weighted by atomic mass is 16.5. The lowest BCUT2D eigenvalue weighted by Gasteiger charge is -2.42. The predicted molar refractivity (Wildman–Crippen MR) is 65.7 cm³/mol. The Bertz CT molecular complexity index is 361. The van der Waals surface area contributed by atoms with Gasteiger partial charge in [0.15, 0.2) is 5.82 Å². The summed E-state index contributed by atoms with van der Waals surface area (Å²) in [5, 5.41) is 7.46. The standard InChI is InChI=1S/C12H22N4O/c1-4-5-11-14-10(15-17-11)8-16-7-6-13-9-12(16,2)3/h13H,4-9H2,1-3H3. The second-order valence-electron chi connectivity index (χ2n) is 5.27. The Morgan fingerprint density at radius 1 is 1.47 bits per heavy atom. The Hall–Kier alpha value is -0.940. The van der Waals surface area contributed by atoms with Crippen molar-refractivity contribution >= 4 is 0 Å². The molecular weight excluding hydrogens is 216 g/mol. The quantitative estimate of drug-likeness (QED) is 0.854. The van der Waals surface area contributed by atoms with Crippen LogP contribution in [0.5, 0.6) is 0 Å². The summed E-state index contributed by atoms with van der Waals surface area (Å²) in [6.45, 7) is 10.4. The second kappa shape index (κ2) is 5.14. The molecule has 17 heavy (non-hydrogen) atoms. The topological polar surface area (TPSA) is 54.2 Å². The minimum atomic E-state index is 0.157. The lowest BCUT2D eigenvalue weighted by Crippen LogP contribution is -2.57. The predicted octanol–water partition coefficient (Wildman–Crippen LogP) is 1.21. The zero-order valence-electron chi connectivity index (χ0n) is 11.0. The second-order valence-corrected chi connectivity index (χ2v) is 5.27. The Morgan fingerprint density at radius 2 is 2.29 bits per heavy atom. The van der Waals surface area contributed by atoms with E-state index in [0.29, 0.717) is 0 Å². The molecule has 0 aromatic carbocycles. The van der Waals surface area contributed by atoms with E-state index in [9.17, 15) is 0 Å². The summed E-state index contributed by atoms with van der Waals surface area (Å²) in [4.78, 5) is 6.83. The van der Waals surface area contributed by atoms with Crippen molar-refractivity contribution in [3.63, 3.8) is 0 Å². The number of nitrogens with zero attached hydrogens (tertiary/aromatic N) is 3. The number of rotatable bonds is 4. The van der Waals surface area contributed by atoms with Gasteiger partial charge >= 0.3 is 0 Å². The zero-order valence-corrected chi connectivity index (χ0v) is 11.0. The average molecular weight is 238 g/mol. The van der Waals surface area contributed by atoms with E-state index in [-0.39, 0.29) is 5.54 Å². The third-order valence-electron chi connectivity index (χ3n) is 3.28. The zero-order chi connectivity index (χ0) is 12.3. The Labute approximate surface area is 103 Å². The summed E-state index contributed by atoms with van der Waals surface area (Å²) in [5.74, 6) is 1.57. The molecule has 2 heterocycles. The summed E-state index contributed by atoms with van der Waals surface area (Å²) >= 11 is 0. The van der Waals surface area contributed by atoms with Crippen molar-refractivity contribution in [3.8, 4) is 0 Å². The Balaban J connectivity index is 1.98. The smallest absolute Gasteiger partial charge is 0.226 e. The lowest BCUT2D eigenvalue weighted by molar-refractivity contribution is 0.0791. The highest BCUT2D eigenvalue weighted by Crippen LogP contribution is 2.18. The minimum absolute atomic E-state index is 0.157. The molecule has 0 bridgehead atoms. The maximum Gasteiger partial charge on any atom is 0.226 e. The first-order valence-corrected chi connectivity index (χ1v) is 6.39. The van der Waals surface area contributed by atoms with E-state index in [0.717, 1.165) is 50.7 Å². The number of aromatic nitrogens is 2. The van der Waals surface area contributed by atoms with E-state index in [1.807, 2.05) is 0 Å². The van der Waals surface area contributed by atoms with Crippen molar-refractivity contribution < 1.29 is 4.52 Å². The van der Waals surface area contributed by atoms with Crippen LogP contribution in [0.25, 0.3) is 0 Å². The van der Waals surface area contributed by atoms with E-state index in [1.54, 1.807) is 0 Å². The van der Waals surface area contributed by atoms with Crippen molar-refractivity contribution in [1.29, 1.82) is 0 Å². The molecule has 5 heteroatoms. The molecule has 1 fully saturated rings. The monoisotopic (exact) mass is 238 g/mol. The van der Waals surface area contributed by atoms with Crippen LogP contribution in [0.4, 0.5) is 0 Å². The third-order valence-corrected chi connectivity index (χ3v) is 3.28. The van der Waals surface area contributed by atoms with Gasteiger partial charge in [0.05, 0.1) is 6.54 Å². The van der Waals surface area contributed by atoms with Crippen molar-refractivity contribution in [1.82, 2.24) is 20.4 Å². The van der Waals surface area contributed by atoms with Gasteiger partial charge in [-0.2, -0.15) is 4.98 Å². The van der Waals surface area contributed by atoms with Crippen LogP contribution in [-0.2, 0) is 13.0 Å². The van der Waals surface area contributed by atoms with Crippen LogP contribution in [0.2, 0.25) is 0 Å². The van der Waals surface area contributed by atoms with Crippen LogP contribution in [0.15, 0.2) is 4.52 Å². The van der Waals surface area contributed by atoms with Crippen LogP contribution in [0, 0.1) is 0 Å². The van der Waals surface area contributed by atoms with E-state index in [2.05, 4.69) is 41.1 Å². The molecule has 1 N–H and O–H groups in total. The van der Waals surface area contributed by atoms with Gasteiger partial charge in [-0.05, 0) is 20.3 Å². The fourth-order valence-electron chi connectivity index (χ4n) is 2.16. The first-order chi connectivity index (χ1) is 8.12.